The lowest BCUT2D eigenvalue weighted by atomic mass is 10.1. The third-order valence-electron chi connectivity index (χ3n) is 1.62. The second-order valence-corrected chi connectivity index (χ2v) is 3.61. The van der Waals surface area contributed by atoms with E-state index >= 15 is 0 Å². The Bertz CT molecular complexity index is 369. The molecule has 0 saturated heterocycles. The van der Waals surface area contributed by atoms with Gasteiger partial charge in [-0.2, -0.15) is 5.26 Å². The van der Waals surface area contributed by atoms with E-state index in [1.165, 1.54) is 11.8 Å². The summed E-state index contributed by atoms with van der Waals surface area (Å²) in [5.41, 5.74) is 6.95. The van der Waals surface area contributed by atoms with Crippen molar-refractivity contribution in [3.8, 4) is 6.07 Å². The predicted octanol–water partition coefficient (Wildman–Crippen LogP) is 1.27. The molecule has 1 heterocycles. The quantitative estimate of drug-likeness (QED) is 0.576. The van der Waals surface area contributed by atoms with Gasteiger partial charge in [0.2, 0.25) is 0 Å². The van der Waals surface area contributed by atoms with Crippen molar-refractivity contribution in [1.29, 1.82) is 10.7 Å². The van der Waals surface area contributed by atoms with Gasteiger partial charge in [0.1, 0.15) is 0 Å². The van der Waals surface area contributed by atoms with Crippen molar-refractivity contribution in [2.75, 3.05) is 0 Å². The van der Waals surface area contributed by atoms with Gasteiger partial charge in [-0.15, -0.1) is 0 Å². The summed E-state index contributed by atoms with van der Waals surface area (Å²) >= 11 is 1.21. The van der Waals surface area contributed by atoms with Gasteiger partial charge in [-0.05, 0) is 11.6 Å². The highest BCUT2D eigenvalue weighted by molar-refractivity contribution is 8.13. The molecule has 0 aliphatic rings. The summed E-state index contributed by atoms with van der Waals surface area (Å²) in [4.78, 5) is 4.15. The fourth-order valence-corrected chi connectivity index (χ4v) is 1.55. The third-order valence-corrected chi connectivity index (χ3v) is 2.35. The maximum atomic E-state index is 8.57. The molecule has 0 aliphatic carbocycles. The van der Waals surface area contributed by atoms with E-state index in [2.05, 4.69) is 11.1 Å². The van der Waals surface area contributed by atoms with Crippen molar-refractivity contribution < 1.29 is 0 Å². The molecule has 0 aliphatic heterocycles. The van der Waals surface area contributed by atoms with Crippen LogP contribution in [0.4, 0.5) is 0 Å². The predicted molar refractivity (Wildman–Crippen MR) is 56.8 cm³/mol. The number of nitrogens with two attached hydrogens (primary N) is 1. The Kier molecular flexibility index (Phi) is 3.95. The van der Waals surface area contributed by atoms with Crippen molar-refractivity contribution in [3.05, 3.63) is 29.6 Å². The van der Waals surface area contributed by atoms with Gasteiger partial charge in [-0.1, -0.05) is 17.8 Å². The summed E-state index contributed by atoms with van der Waals surface area (Å²) in [5.74, 6) is 0.549. The number of nitriles is 1. The van der Waals surface area contributed by atoms with Crippen LogP contribution in [-0.2, 0) is 12.2 Å². The monoisotopic (exact) mass is 206 g/mol. The zero-order valence-corrected chi connectivity index (χ0v) is 8.34. The smallest absolute Gasteiger partial charge is 0.151 e. The van der Waals surface area contributed by atoms with Crippen molar-refractivity contribution >= 4 is 16.9 Å². The van der Waals surface area contributed by atoms with Gasteiger partial charge in [0.05, 0.1) is 18.2 Å². The normalized spacial score (nSPS) is 9.36. The molecule has 0 atom stereocenters. The van der Waals surface area contributed by atoms with Gasteiger partial charge in [0, 0.05) is 11.9 Å². The Labute approximate surface area is 86.7 Å². The number of pyridine rings is 1. The minimum absolute atomic E-state index is 0.0681. The number of thioether (sulfide) groups is 1. The van der Waals surface area contributed by atoms with Crippen LogP contribution in [0.2, 0.25) is 0 Å². The van der Waals surface area contributed by atoms with Crippen LogP contribution in [0.1, 0.15) is 11.3 Å². The second kappa shape index (κ2) is 5.25. The molecule has 0 saturated carbocycles. The maximum absolute atomic E-state index is 8.57. The first-order valence-corrected chi connectivity index (χ1v) is 4.99. The fraction of sp³-hybridized carbons (Fsp3) is 0.222. The molecule has 72 valence electrons. The molecule has 0 spiro atoms. The highest BCUT2D eigenvalue weighted by Crippen LogP contribution is 2.13. The minimum atomic E-state index is 0.0681. The zero-order valence-electron chi connectivity index (χ0n) is 7.53. The molecule has 5 heteroatoms. The van der Waals surface area contributed by atoms with Gasteiger partial charge in [-0.3, -0.25) is 10.4 Å². The average Bonchev–Trinajstić information content (AvgIpc) is 2.17. The highest BCUT2D eigenvalue weighted by atomic mass is 32.2. The van der Waals surface area contributed by atoms with E-state index in [4.69, 9.17) is 16.4 Å². The van der Waals surface area contributed by atoms with Crippen LogP contribution in [0, 0.1) is 16.7 Å². The first kappa shape index (κ1) is 10.5. The molecular weight excluding hydrogens is 196 g/mol. The third kappa shape index (κ3) is 3.07. The lowest BCUT2D eigenvalue weighted by Crippen LogP contribution is -2.05. The summed E-state index contributed by atoms with van der Waals surface area (Å²) in [6.07, 6.45) is 2.03. The van der Waals surface area contributed by atoms with Crippen molar-refractivity contribution in [1.82, 2.24) is 4.98 Å². The lowest BCUT2D eigenvalue weighted by Gasteiger charge is -2.03. The molecule has 0 aromatic carbocycles. The van der Waals surface area contributed by atoms with Crippen LogP contribution >= 0.6 is 11.8 Å². The van der Waals surface area contributed by atoms with E-state index in [0.29, 0.717) is 12.2 Å². The van der Waals surface area contributed by atoms with Crippen LogP contribution in [0.15, 0.2) is 18.3 Å². The van der Waals surface area contributed by atoms with E-state index in [1.54, 1.807) is 12.3 Å². The Morgan fingerprint density at radius 3 is 3.14 bits per heavy atom. The minimum Gasteiger partial charge on any atom is -0.379 e. The van der Waals surface area contributed by atoms with Gasteiger partial charge < -0.3 is 5.73 Å². The summed E-state index contributed by atoms with van der Waals surface area (Å²) in [6, 6.07) is 5.75. The highest BCUT2D eigenvalue weighted by Gasteiger charge is 2.03. The number of nitrogens with zero attached hydrogens (tertiary/aromatic N) is 2. The summed E-state index contributed by atoms with van der Waals surface area (Å²) in [5, 5.41) is 15.7. The summed E-state index contributed by atoms with van der Waals surface area (Å²) in [7, 11) is 0. The largest absolute Gasteiger partial charge is 0.379 e. The zero-order chi connectivity index (χ0) is 10.4. The SMILES string of the molecule is N#CCc1cccnc1CSC(=N)N. The van der Waals surface area contributed by atoms with E-state index < -0.39 is 0 Å². The van der Waals surface area contributed by atoms with Gasteiger partial charge in [0.15, 0.2) is 5.17 Å². The number of amidine groups is 1. The molecule has 0 unspecified atom stereocenters. The van der Waals surface area contributed by atoms with Crippen molar-refractivity contribution in [3.63, 3.8) is 0 Å². The molecule has 0 bridgehead atoms. The number of hydrogen-bond donors (Lipinski definition) is 2. The standard InChI is InChI=1S/C9H10N4S/c10-4-3-7-2-1-5-13-8(7)6-14-9(11)12/h1-2,5H,3,6H2,(H3,11,12). The number of hydrogen-bond acceptors (Lipinski definition) is 4. The fourth-order valence-electron chi connectivity index (χ4n) is 0.993. The number of nitrogens with one attached hydrogen (secondary N) is 1. The van der Waals surface area contributed by atoms with Crippen molar-refractivity contribution in [2.45, 2.75) is 12.2 Å². The number of aromatic nitrogens is 1. The topological polar surface area (TPSA) is 86.5 Å². The average molecular weight is 206 g/mol. The molecule has 0 fully saturated rings. The summed E-state index contributed by atoms with van der Waals surface area (Å²) in [6.45, 7) is 0. The van der Waals surface area contributed by atoms with Crippen LogP contribution in [0.5, 0.6) is 0 Å². The Hall–Kier alpha value is -1.54. The molecule has 3 N–H and O–H groups in total. The summed E-state index contributed by atoms with van der Waals surface area (Å²) < 4.78 is 0. The van der Waals surface area contributed by atoms with Crippen LogP contribution in [0.3, 0.4) is 0 Å². The molecule has 0 radical (unpaired) electrons. The van der Waals surface area contributed by atoms with E-state index in [0.717, 1.165) is 11.3 Å². The number of rotatable bonds is 3. The van der Waals surface area contributed by atoms with Gasteiger partial charge in [0.25, 0.3) is 0 Å². The Balaban J connectivity index is 2.74. The second-order valence-electron chi connectivity index (χ2n) is 2.60. The molecular formula is C9H10N4S. The Morgan fingerprint density at radius 1 is 1.71 bits per heavy atom. The molecule has 4 nitrogen and oxygen atoms in total. The lowest BCUT2D eigenvalue weighted by molar-refractivity contribution is 1.09. The van der Waals surface area contributed by atoms with Crippen LogP contribution < -0.4 is 5.73 Å². The first-order valence-electron chi connectivity index (χ1n) is 4.00. The molecule has 14 heavy (non-hydrogen) atoms. The molecule has 1 rings (SSSR count). The van der Waals surface area contributed by atoms with Crippen LogP contribution in [0.25, 0.3) is 0 Å². The Morgan fingerprint density at radius 2 is 2.50 bits per heavy atom. The van der Waals surface area contributed by atoms with Gasteiger partial charge >= 0.3 is 0 Å². The van der Waals surface area contributed by atoms with Crippen molar-refractivity contribution in [2.24, 2.45) is 5.73 Å². The van der Waals surface area contributed by atoms with Gasteiger partial charge in [-0.25, -0.2) is 0 Å². The first-order chi connectivity index (χ1) is 6.74. The maximum Gasteiger partial charge on any atom is 0.151 e. The van der Waals surface area contributed by atoms with Crippen LogP contribution in [-0.4, -0.2) is 10.2 Å². The van der Waals surface area contributed by atoms with E-state index in [1.807, 2.05) is 6.07 Å². The molecule has 1 aromatic rings. The van der Waals surface area contributed by atoms with E-state index in [9.17, 15) is 0 Å². The van der Waals surface area contributed by atoms with E-state index in [-0.39, 0.29) is 5.17 Å². The molecule has 1 aromatic heterocycles. The molecule has 0 amide bonds.